The molecule has 1 fully saturated rings. The van der Waals surface area contributed by atoms with Crippen LogP contribution in [0.2, 0.25) is 5.02 Å². The van der Waals surface area contributed by atoms with E-state index in [0.29, 0.717) is 18.0 Å². The number of rotatable bonds is 4. The molecule has 1 aromatic heterocycles. The topological polar surface area (TPSA) is 67.6 Å². The third kappa shape index (κ3) is 3.76. The molecule has 0 saturated carbocycles. The molecule has 0 N–H and O–H groups in total. The molecule has 2 heterocycles. The van der Waals surface area contributed by atoms with E-state index in [2.05, 4.69) is 0 Å². The second kappa shape index (κ2) is 6.37. The number of hydrogen-bond donors (Lipinski definition) is 0. The van der Waals surface area contributed by atoms with E-state index < -0.39 is 9.84 Å². The third-order valence-corrected chi connectivity index (χ3v) is 5.91. The molecule has 2 aromatic rings. The van der Waals surface area contributed by atoms with Gasteiger partial charge in [-0.15, -0.1) is 0 Å². The van der Waals surface area contributed by atoms with Crippen LogP contribution in [0.5, 0.6) is 0 Å². The van der Waals surface area contributed by atoms with Crippen LogP contribution in [0.1, 0.15) is 22.5 Å². The monoisotopic (exact) mass is 353 g/mol. The van der Waals surface area contributed by atoms with Crippen LogP contribution >= 0.6 is 11.6 Å². The Kier molecular flexibility index (Phi) is 4.46. The van der Waals surface area contributed by atoms with Crippen LogP contribution in [0, 0.1) is 0 Å². The van der Waals surface area contributed by atoms with Crippen LogP contribution in [0.15, 0.2) is 47.1 Å². The lowest BCUT2D eigenvalue weighted by Crippen LogP contribution is -2.40. The smallest absolute Gasteiger partial charge is 0.290 e. The van der Waals surface area contributed by atoms with Crippen LogP contribution in [-0.4, -0.2) is 36.8 Å². The Morgan fingerprint density at radius 1 is 1.26 bits per heavy atom. The Labute approximate surface area is 139 Å². The fourth-order valence-corrected chi connectivity index (χ4v) is 4.57. The van der Waals surface area contributed by atoms with Gasteiger partial charge in [-0.05, 0) is 36.2 Å². The molecular formula is C16H16ClNO4S. The fraction of sp³-hybridized carbons (Fsp3) is 0.312. The quantitative estimate of drug-likeness (QED) is 0.847. The van der Waals surface area contributed by atoms with Crippen molar-refractivity contribution in [2.75, 3.05) is 11.5 Å². The predicted molar refractivity (Wildman–Crippen MR) is 87.1 cm³/mol. The van der Waals surface area contributed by atoms with Gasteiger partial charge >= 0.3 is 0 Å². The Morgan fingerprint density at radius 2 is 2.00 bits per heavy atom. The zero-order valence-electron chi connectivity index (χ0n) is 12.3. The van der Waals surface area contributed by atoms with Crippen molar-refractivity contribution < 1.29 is 17.6 Å². The molecule has 5 nitrogen and oxygen atoms in total. The first-order valence-electron chi connectivity index (χ1n) is 7.24. The minimum absolute atomic E-state index is 0.00691. The maximum absolute atomic E-state index is 12.7. The van der Waals surface area contributed by atoms with Gasteiger partial charge in [-0.3, -0.25) is 4.79 Å². The minimum atomic E-state index is -3.09. The second-order valence-electron chi connectivity index (χ2n) is 5.59. The SMILES string of the molecule is O=C(c1ccco1)N(Cc1ccc(Cl)cc1)[C@H]1CCS(=O)(=O)C1. The van der Waals surface area contributed by atoms with Gasteiger partial charge in [-0.25, -0.2) is 8.42 Å². The maximum atomic E-state index is 12.7. The van der Waals surface area contributed by atoms with Gasteiger partial charge in [0, 0.05) is 17.6 Å². The molecule has 1 aliphatic heterocycles. The number of carbonyl (C=O) groups is 1. The summed E-state index contributed by atoms with van der Waals surface area (Å²) in [5, 5.41) is 0.612. The maximum Gasteiger partial charge on any atom is 0.290 e. The molecule has 23 heavy (non-hydrogen) atoms. The van der Waals surface area contributed by atoms with E-state index in [0.717, 1.165) is 5.56 Å². The van der Waals surface area contributed by atoms with E-state index in [-0.39, 0.29) is 29.2 Å². The number of halogens is 1. The summed E-state index contributed by atoms with van der Waals surface area (Å²) in [5.74, 6) is 0.0167. The highest BCUT2D eigenvalue weighted by molar-refractivity contribution is 7.91. The summed E-state index contributed by atoms with van der Waals surface area (Å²) in [6.07, 6.45) is 1.88. The number of furan rings is 1. The second-order valence-corrected chi connectivity index (χ2v) is 8.26. The molecule has 1 amide bonds. The molecule has 1 aliphatic rings. The highest BCUT2D eigenvalue weighted by atomic mass is 35.5. The standard InChI is InChI=1S/C16H16ClNO4S/c17-13-5-3-12(4-6-13)10-18(14-7-9-23(20,21)11-14)16(19)15-2-1-8-22-15/h1-6,8,14H,7,9-11H2/t14-/m0/s1. The fourth-order valence-electron chi connectivity index (χ4n) is 2.72. The van der Waals surface area contributed by atoms with E-state index in [1.807, 2.05) is 12.1 Å². The van der Waals surface area contributed by atoms with Gasteiger partial charge in [-0.2, -0.15) is 0 Å². The molecule has 0 spiro atoms. The number of sulfone groups is 1. The molecule has 0 radical (unpaired) electrons. The van der Waals surface area contributed by atoms with E-state index in [4.69, 9.17) is 16.0 Å². The van der Waals surface area contributed by atoms with Gasteiger partial charge in [0.2, 0.25) is 0 Å². The summed E-state index contributed by atoms with van der Waals surface area (Å²) in [6.45, 7) is 0.316. The summed E-state index contributed by atoms with van der Waals surface area (Å²) in [6, 6.07) is 10.0. The molecule has 1 atom stereocenters. The molecule has 3 rings (SSSR count). The number of nitrogens with zero attached hydrogens (tertiary/aromatic N) is 1. The lowest BCUT2D eigenvalue weighted by atomic mass is 10.1. The average Bonchev–Trinajstić information content (AvgIpc) is 3.15. The third-order valence-electron chi connectivity index (χ3n) is 3.91. The van der Waals surface area contributed by atoms with E-state index in [1.165, 1.54) is 6.26 Å². The van der Waals surface area contributed by atoms with Crippen LogP contribution < -0.4 is 0 Å². The van der Waals surface area contributed by atoms with Crippen molar-refractivity contribution in [2.45, 2.75) is 19.0 Å². The van der Waals surface area contributed by atoms with Crippen LogP contribution in [0.3, 0.4) is 0 Å². The normalized spacial score (nSPS) is 19.6. The average molecular weight is 354 g/mol. The molecule has 0 bridgehead atoms. The van der Waals surface area contributed by atoms with Crippen molar-refractivity contribution in [3.8, 4) is 0 Å². The Bertz CT molecular complexity index is 784. The number of benzene rings is 1. The van der Waals surface area contributed by atoms with Gasteiger partial charge in [0.1, 0.15) is 0 Å². The molecule has 7 heteroatoms. The van der Waals surface area contributed by atoms with Crippen LogP contribution in [0.25, 0.3) is 0 Å². The van der Waals surface area contributed by atoms with Gasteiger partial charge < -0.3 is 9.32 Å². The zero-order chi connectivity index (χ0) is 16.4. The predicted octanol–water partition coefficient (Wildman–Crippen LogP) is 2.76. The molecule has 1 aromatic carbocycles. The Morgan fingerprint density at radius 3 is 2.57 bits per heavy atom. The first-order valence-corrected chi connectivity index (χ1v) is 9.44. The summed E-state index contributed by atoms with van der Waals surface area (Å²) < 4.78 is 28.7. The van der Waals surface area contributed by atoms with Gasteiger partial charge in [0.15, 0.2) is 15.6 Å². The summed E-state index contributed by atoms with van der Waals surface area (Å²) in [4.78, 5) is 14.3. The lowest BCUT2D eigenvalue weighted by Gasteiger charge is -2.27. The van der Waals surface area contributed by atoms with Gasteiger partial charge in [0.25, 0.3) is 5.91 Å². The van der Waals surface area contributed by atoms with Crippen LogP contribution in [0.4, 0.5) is 0 Å². The van der Waals surface area contributed by atoms with Crippen molar-refractivity contribution in [3.05, 3.63) is 59.0 Å². The highest BCUT2D eigenvalue weighted by Gasteiger charge is 2.35. The van der Waals surface area contributed by atoms with E-state index in [1.54, 1.807) is 29.2 Å². The first-order chi connectivity index (χ1) is 10.9. The van der Waals surface area contributed by atoms with Crippen molar-refractivity contribution >= 4 is 27.3 Å². The van der Waals surface area contributed by atoms with Crippen molar-refractivity contribution in [1.29, 1.82) is 0 Å². The molecule has 122 valence electrons. The molecule has 1 saturated heterocycles. The Balaban J connectivity index is 1.87. The highest BCUT2D eigenvalue weighted by Crippen LogP contribution is 2.23. The van der Waals surface area contributed by atoms with Gasteiger partial charge in [0.05, 0.1) is 17.8 Å². The summed E-state index contributed by atoms with van der Waals surface area (Å²) in [5.41, 5.74) is 0.888. The minimum Gasteiger partial charge on any atom is -0.459 e. The zero-order valence-corrected chi connectivity index (χ0v) is 13.9. The van der Waals surface area contributed by atoms with Gasteiger partial charge in [-0.1, -0.05) is 23.7 Å². The van der Waals surface area contributed by atoms with Crippen molar-refractivity contribution in [1.82, 2.24) is 4.90 Å². The van der Waals surface area contributed by atoms with Crippen molar-refractivity contribution in [3.63, 3.8) is 0 Å². The largest absolute Gasteiger partial charge is 0.459 e. The molecule has 0 unspecified atom stereocenters. The first kappa shape index (κ1) is 16.1. The molecular weight excluding hydrogens is 338 g/mol. The van der Waals surface area contributed by atoms with Crippen LogP contribution in [-0.2, 0) is 16.4 Å². The number of carbonyl (C=O) groups excluding carboxylic acids is 1. The number of hydrogen-bond acceptors (Lipinski definition) is 4. The Hall–Kier alpha value is -1.79. The number of amides is 1. The van der Waals surface area contributed by atoms with E-state index >= 15 is 0 Å². The summed E-state index contributed by atoms with van der Waals surface area (Å²) in [7, 11) is -3.09. The summed E-state index contributed by atoms with van der Waals surface area (Å²) >= 11 is 5.88. The molecule has 0 aliphatic carbocycles. The lowest BCUT2D eigenvalue weighted by molar-refractivity contribution is 0.0648. The van der Waals surface area contributed by atoms with Crippen molar-refractivity contribution in [2.24, 2.45) is 0 Å². The van der Waals surface area contributed by atoms with E-state index in [9.17, 15) is 13.2 Å².